The molecule has 1 aromatic heterocycles. The summed E-state index contributed by atoms with van der Waals surface area (Å²) in [5.41, 5.74) is 2.39. The number of nitrogens with one attached hydrogen (secondary N) is 1. The van der Waals surface area contributed by atoms with E-state index < -0.39 is 6.10 Å². The third-order valence-electron chi connectivity index (χ3n) is 3.37. The van der Waals surface area contributed by atoms with Crippen LogP contribution in [0.4, 0.5) is 5.69 Å². The van der Waals surface area contributed by atoms with E-state index in [4.69, 9.17) is 4.42 Å². The lowest BCUT2D eigenvalue weighted by atomic mass is 10.1. The molecule has 20 heavy (non-hydrogen) atoms. The van der Waals surface area contributed by atoms with Gasteiger partial charge < -0.3 is 19.7 Å². The molecule has 0 aliphatic heterocycles. The van der Waals surface area contributed by atoms with Crippen molar-refractivity contribution >= 4 is 5.69 Å². The first-order valence-corrected chi connectivity index (χ1v) is 6.80. The van der Waals surface area contributed by atoms with Gasteiger partial charge in [0.25, 0.3) is 0 Å². The first kappa shape index (κ1) is 14.6. The smallest absolute Gasteiger partial charge is 0.133 e. The maximum Gasteiger partial charge on any atom is 0.133 e. The molecule has 0 aliphatic rings. The lowest BCUT2D eigenvalue weighted by molar-refractivity contribution is 0.144. The van der Waals surface area contributed by atoms with E-state index in [1.807, 2.05) is 26.2 Å². The lowest BCUT2D eigenvalue weighted by Crippen LogP contribution is -2.26. The molecule has 0 amide bonds. The van der Waals surface area contributed by atoms with Crippen LogP contribution >= 0.6 is 0 Å². The Balaban J connectivity index is 2.00. The van der Waals surface area contributed by atoms with Gasteiger partial charge in [0, 0.05) is 32.4 Å². The first-order valence-electron chi connectivity index (χ1n) is 6.80. The van der Waals surface area contributed by atoms with Crippen molar-refractivity contribution in [1.29, 1.82) is 0 Å². The normalized spacial score (nSPS) is 14.0. The van der Waals surface area contributed by atoms with Gasteiger partial charge in [-0.05, 0) is 30.7 Å². The third-order valence-corrected chi connectivity index (χ3v) is 3.37. The molecule has 2 N–H and O–H groups in total. The van der Waals surface area contributed by atoms with Crippen LogP contribution in [-0.2, 0) is 0 Å². The Bertz CT molecular complexity index is 523. The lowest BCUT2D eigenvalue weighted by Gasteiger charge is -2.23. The van der Waals surface area contributed by atoms with Crippen molar-refractivity contribution in [3.63, 3.8) is 0 Å². The van der Waals surface area contributed by atoms with E-state index in [1.165, 1.54) is 11.3 Å². The van der Waals surface area contributed by atoms with E-state index in [2.05, 4.69) is 29.3 Å². The van der Waals surface area contributed by atoms with Gasteiger partial charge in [0.05, 0.1) is 6.26 Å². The highest BCUT2D eigenvalue weighted by Crippen LogP contribution is 2.25. The van der Waals surface area contributed by atoms with E-state index in [0.29, 0.717) is 12.3 Å². The maximum atomic E-state index is 10.0. The second-order valence-electron chi connectivity index (χ2n) is 5.11. The Morgan fingerprint density at radius 2 is 1.95 bits per heavy atom. The quantitative estimate of drug-likeness (QED) is 0.850. The molecular formula is C16H22N2O2. The van der Waals surface area contributed by atoms with Crippen LogP contribution in [0.15, 0.2) is 47.1 Å². The average Bonchev–Trinajstić information content (AvgIpc) is 2.98. The zero-order valence-corrected chi connectivity index (χ0v) is 12.2. The Morgan fingerprint density at radius 1 is 1.20 bits per heavy atom. The molecule has 2 unspecified atom stereocenters. The summed E-state index contributed by atoms with van der Waals surface area (Å²) in [6.45, 7) is 2.55. The van der Waals surface area contributed by atoms with Crippen LogP contribution in [0.1, 0.15) is 30.4 Å². The Hall–Kier alpha value is -1.78. The zero-order chi connectivity index (χ0) is 14.5. The number of hydrogen-bond acceptors (Lipinski definition) is 4. The molecule has 108 valence electrons. The molecule has 0 spiro atoms. The van der Waals surface area contributed by atoms with Crippen molar-refractivity contribution in [1.82, 2.24) is 5.32 Å². The minimum absolute atomic E-state index is 0.151. The molecule has 0 aliphatic carbocycles. The highest BCUT2D eigenvalue weighted by Gasteiger charge is 2.15. The maximum absolute atomic E-state index is 10.0. The number of aliphatic hydroxyl groups excluding tert-OH is 1. The van der Waals surface area contributed by atoms with Gasteiger partial charge in [-0.1, -0.05) is 18.2 Å². The van der Waals surface area contributed by atoms with Crippen LogP contribution in [-0.4, -0.2) is 25.7 Å². The summed E-state index contributed by atoms with van der Waals surface area (Å²) in [7, 11) is 4.06. The van der Waals surface area contributed by atoms with E-state index >= 15 is 0 Å². The molecule has 4 heteroatoms. The predicted octanol–water partition coefficient (Wildman–Crippen LogP) is 2.73. The first-order chi connectivity index (χ1) is 9.59. The van der Waals surface area contributed by atoms with Gasteiger partial charge in [-0.2, -0.15) is 0 Å². The molecular weight excluding hydrogens is 252 g/mol. The Morgan fingerprint density at radius 3 is 2.60 bits per heavy atom. The summed E-state index contributed by atoms with van der Waals surface area (Å²) in [6.07, 6.45) is 0.947. The SMILES string of the molecule is CC(NCC(O)c1ccco1)c1ccccc1N(C)C. The number of furan rings is 1. The summed E-state index contributed by atoms with van der Waals surface area (Å²) in [4.78, 5) is 2.09. The van der Waals surface area contributed by atoms with Crippen LogP contribution in [0.3, 0.4) is 0 Å². The van der Waals surface area contributed by atoms with Gasteiger partial charge in [-0.25, -0.2) is 0 Å². The largest absolute Gasteiger partial charge is 0.467 e. The Labute approximate surface area is 120 Å². The molecule has 0 saturated heterocycles. The molecule has 1 heterocycles. The summed E-state index contributed by atoms with van der Waals surface area (Å²) in [6, 6.07) is 12.0. The fourth-order valence-corrected chi connectivity index (χ4v) is 2.24. The fraction of sp³-hybridized carbons (Fsp3) is 0.375. The molecule has 0 bridgehead atoms. The molecule has 0 saturated carbocycles. The van der Waals surface area contributed by atoms with Gasteiger partial charge in [0.1, 0.15) is 11.9 Å². The van der Waals surface area contributed by atoms with Crippen LogP contribution < -0.4 is 10.2 Å². The molecule has 4 nitrogen and oxygen atoms in total. The molecule has 2 atom stereocenters. The molecule has 0 fully saturated rings. The van der Waals surface area contributed by atoms with Crippen molar-refractivity contribution in [2.45, 2.75) is 19.1 Å². The summed E-state index contributed by atoms with van der Waals surface area (Å²) < 4.78 is 5.20. The van der Waals surface area contributed by atoms with Crippen molar-refractivity contribution in [3.05, 3.63) is 54.0 Å². The summed E-state index contributed by atoms with van der Waals surface area (Å²) >= 11 is 0. The highest BCUT2D eigenvalue weighted by atomic mass is 16.4. The van der Waals surface area contributed by atoms with E-state index in [1.54, 1.807) is 18.4 Å². The zero-order valence-electron chi connectivity index (χ0n) is 12.2. The fourth-order valence-electron chi connectivity index (χ4n) is 2.24. The van der Waals surface area contributed by atoms with Crippen LogP contribution in [0, 0.1) is 0 Å². The van der Waals surface area contributed by atoms with E-state index in [0.717, 1.165) is 0 Å². The number of hydrogen-bond donors (Lipinski definition) is 2. The summed E-state index contributed by atoms with van der Waals surface area (Å²) in [5.74, 6) is 0.589. The van der Waals surface area contributed by atoms with Crippen LogP contribution in [0.5, 0.6) is 0 Å². The molecule has 1 aromatic carbocycles. The second-order valence-corrected chi connectivity index (χ2v) is 5.11. The van der Waals surface area contributed by atoms with Gasteiger partial charge >= 0.3 is 0 Å². The van der Waals surface area contributed by atoms with Crippen LogP contribution in [0.25, 0.3) is 0 Å². The van der Waals surface area contributed by atoms with Gasteiger partial charge in [0.2, 0.25) is 0 Å². The van der Waals surface area contributed by atoms with Gasteiger partial charge in [-0.3, -0.25) is 0 Å². The molecule has 2 rings (SSSR count). The van der Waals surface area contributed by atoms with Crippen molar-refractivity contribution in [3.8, 4) is 0 Å². The third kappa shape index (κ3) is 3.40. The number of anilines is 1. The highest BCUT2D eigenvalue weighted by molar-refractivity contribution is 5.53. The standard InChI is InChI=1S/C16H22N2O2/c1-12(13-7-4-5-8-14(13)18(2)3)17-11-15(19)16-9-6-10-20-16/h4-10,12,15,17,19H,11H2,1-3H3. The predicted molar refractivity (Wildman–Crippen MR) is 80.9 cm³/mol. The minimum Gasteiger partial charge on any atom is -0.467 e. The molecule has 2 aromatic rings. The average molecular weight is 274 g/mol. The Kier molecular flexibility index (Phi) is 4.82. The van der Waals surface area contributed by atoms with Gasteiger partial charge in [-0.15, -0.1) is 0 Å². The van der Waals surface area contributed by atoms with E-state index in [-0.39, 0.29) is 6.04 Å². The van der Waals surface area contributed by atoms with Crippen molar-refractivity contribution < 1.29 is 9.52 Å². The number of nitrogens with zero attached hydrogens (tertiary/aromatic N) is 1. The number of para-hydroxylation sites is 1. The number of aliphatic hydroxyl groups is 1. The van der Waals surface area contributed by atoms with E-state index in [9.17, 15) is 5.11 Å². The van der Waals surface area contributed by atoms with Crippen LogP contribution in [0.2, 0.25) is 0 Å². The second kappa shape index (κ2) is 6.59. The number of benzene rings is 1. The summed E-state index contributed by atoms with van der Waals surface area (Å²) in [5, 5.41) is 13.4. The minimum atomic E-state index is -0.626. The van der Waals surface area contributed by atoms with Crippen molar-refractivity contribution in [2.24, 2.45) is 0 Å². The molecule has 0 radical (unpaired) electrons. The topological polar surface area (TPSA) is 48.6 Å². The van der Waals surface area contributed by atoms with Crippen molar-refractivity contribution in [2.75, 3.05) is 25.5 Å². The van der Waals surface area contributed by atoms with Gasteiger partial charge in [0.15, 0.2) is 0 Å². The number of rotatable bonds is 6. The monoisotopic (exact) mass is 274 g/mol.